The molecule has 3 heterocycles. The summed E-state index contributed by atoms with van der Waals surface area (Å²) in [5, 5.41) is 3.12. The minimum absolute atomic E-state index is 0.577. The van der Waals surface area contributed by atoms with E-state index in [4.69, 9.17) is 4.74 Å². The molecule has 0 aliphatic carbocycles. The largest absolute Gasteiger partial charge is 0.376 e. The van der Waals surface area contributed by atoms with Crippen LogP contribution in [0.15, 0.2) is 18.3 Å². The summed E-state index contributed by atoms with van der Waals surface area (Å²) in [6.07, 6.45) is 2.66. The minimum atomic E-state index is 0.577. The Hall–Kier alpha value is -2.01. The third-order valence-corrected chi connectivity index (χ3v) is 3.20. The molecule has 1 aliphatic heterocycles. The summed E-state index contributed by atoms with van der Waals surface area (Å²) in [5.74, 6) is 1.51. The van der Waals surface area contributed by atoms with Gasteiger partial charge in [0.05, 0.1) is 18.9 Å². The Morgan fingerprint density at radius 3 is 2.89 bits per heavy atom. The molecule has 0 atom stereocenters. The number of aryl methyl sites for hydroxylation is 1. The van der Waals surface area contributed by atoms with Crippen LogP contribution in [0.3, 0.4) is 0 Å². The van der Waals surface area contributed by atoms with Crippen LogP contribution in [0.1, 0.15) is 16.8 Å². The Balaban J connectivity index is 2.09. The summed E-state index contributed by atoms with van der Waals surface area (Å²) in [6, 6.07) is 3.98. The van der Waals surface area contributed by atoms with Crippen molar-refractivity contribution in [3.63, 3.8) is 0 Å². The van der Waals surface area contributed by atoms with Gasteiger partial charge in [-0.25, -0.2) is 9.97 Å². The van der Waals surface area contributed by atoms with Gasteiger partial charge in [-0.1, -0.05) is 6.07 Å². The van der Waals surface area contributed by atoms with Crippen molar-refractivity contribution in [2.24, 2.45) is 0 Å². The number of anilines is 1. The summed E-state index contributed by atoms with van der Waals surface area (Å²) < 4.78 is 5.46. The van der Waals surface area contributed by atoms with E-state index in [1.165, 1.54) is 0 Å². The third-order valence-electron chi connectivity index (χ3n) is 3.20. The number of nitrogens with one attached hydrogen (secondary N) is 1. The summed E-state index contributed by atoms with van der Waals surface area (Å²) in [6.45, 7) is 3.31. The van der Waals surface area contributed by atoms with Crippen molar-refractivity contribution in [3.05, 3.63) is 35.2 Å². The predicted molar refractivity (Wildman–Crippen MR) is 72.9 cm³/mol. The van der Waals surface area contributed by atoms with E-state index in [0.29, 0.717) is 19.0 Å². The number of nitrogens with zero attached hydrogens (tertiary/aromatic N) is 3. The highest BCUT2D eigenvalue weighted by Crippen LogP contribution is 2.25. The van der Waals surface area contributed by atoms with Crippen molar-refractivity contribution in [1.82, 2.24) is 15.0 Å². The molecule has 1 N–H and O–H groups in total. The molecule has 1 aliphatic rings. The van der Waals surface area contributed by atoms with Crippen LogP contribution < -0.4 is 5.32 Å². The maximum Gasteiger partial charge on any atom is 0.180 e. The fourth-order valence-electron chi connectivity index (χ4n) is 2.15. The minimum Gasteiger partial charge on any atom is -0.376 e. The van der Waals surface area contributed by atoms with Crippen LogP contribution in [0.4, 0.5) is 5.82 Å². The summed E-state index contributed by atoms with van der Waals surface area (Å²) >= 11 is 0. The van der Waals surface area contributed by atoms with Gasteiger partial charge in [-0.2, -0.15) is 0 Å². The zero-order chi connectivity index (χ0) is 13.2. The van der Waals surface area contributed by atoms with Gasteiger partial charge in [-0.15, -0.1) is 0 Å². The van der Waals surface area contributed by atoms with Crippen LogP contribution in [0, 0.1) is 6.92 Å². The molecule has 0 unspecified atom stereocenters. The van der Waals surface area contributed by atoms with Crippen molar-refractivity contribution in [1.29, 1.82) is 0 Å². The Labute approximate surface area is 112 Å². The van der Waals surface area contributed by atoms with E-state index >= 15 is 0 Å². The number of hydrogen-bond acceptors (Lipinski definition) is 5. The lowest BCUT2D eigenvalue weighted by Crippen LogP contribution is -2.16. The molecule has 0 amide bonds. The normalized spacial score (nSPS) is 14.0. The van der Waals surface area contributed by atoms with Crippen LogP contribution in [0.5, 0.6) is 0 Å². The van der Waals surface area contributed by atoms with Gasteiger partial charge in [-0.3, -0.25) is 4.98 Å². The van der Waals surface area contributed by atoms with Crippen molar-refractivity contribution in [2.75, 3.05) is 19.0 Å². The van der Waals surface area contributed by atoms with Gasteiger partial charge in [0.25, 0.3) is 0 Å². The molecule has 0 fully saturated rings. The number of hydrogen-bond donors (Lipinski definition) is 1. The molecule has 0 radical (unpaired) electrons. The first kappa shape index (κ1) is 12.0. The zero-order valence-electron chi connectivity index (χ0n) is 11.1. The molecule has 0 spiro atoms. The van der Waals surface area contributed by atoms with E-state index in [1.54, 1.807) is 0 Å². The summed E-state index contributed by atoms with van der Waals surface area (Å²) in [5.41, 5.74) is 4.05. The second-order valence-electron chi connectivity index (χ2n) is 4.59. The molecule has 0 aromatic carbocycles. The number of ether oxygens (including phenoxy) is 1. The molecule has 2 aromatic rings. The monoisotopic (exact) mass is 256 g/mol. The van der Waals surface area contributed by atoms with Gasteiger partial charge >= 0.3 is 0 Å². The molecule has 19 heavy (non-hydrogen) atoms. The Bertz CT molecular complexity index is 578. The van der Waals surface area contributed by atoms with Crippen LogP contribution in [-0.4, -0.2) is 28.6 Å². The van der Waals surface area contributed by atoms with Gasteiger partial charge < -0.3 is 10.1 Å². The van der Waals surface area contributed by atoms with Crippen molar-refractivity contribution < 1.29 is 4.74 Å². The quantitative estimate of drug-likeness (QED) is 0.890. The standard InChI is InChI=1S/C14H16N4O/c1-9-3-4-12(16-7-9)14-17-11-5-6-19-8-10(11)13(15-2)18-14/h3-4,7H,5-6,8H2,1-2H3,(H,15,17,18). The third kappa shape index (κ3) is 2.29. The second-order valence-corrected chi connectivity index (χ2v) is 4.59. The van der Waals surface area contributed by atoms with Crippen LogP contribution in [0.2, 0.25) is 0 Å². The lowest BCUT2D eigenvalue weighted by atomic mass is 10.1. The highest BCUT2D eigenvalue weighted by atomic mass is 16.5. The first-order valence-corrected chi connectivity index (χ1v) is 6.36. The van der Waals surface area contributed by atoms with Gasteiger partial charge in [-0.05, 0) is 18.6 Å². The predicted octanol–water partition coefficient (Wildman–Crippen LogP) is 1.96. The lowest BCUT2D eigenvalue weighted by molar-refractivity contribution is 0.109. The summed E-state index contributed by atoms with van der Waals surface area (Å²) in [7, 11) is 1.86. The molecule has 5 nitrogen and oxygen atoms in total. The molecule has 3 rings (SSSR count). The fraction of sp³-hybridized carbons (Fsp3) is 0.357. The SMILES string of the molecule is CNc1nc(-c2ccc(C)cn2)nc2c1COCC2. The molecular weight excluding hydrogens is 240 g/mol. The molecule has 0 bridgehead atoms. The van der Waals surface area contributed by atoms with Gasteiger partial charge in [0.15, 0.2) is 5.82 Å². The molecule has 0 saturated carbocycles. The van der Waals surface area contributed by atoms with Crippen molar-refractivity contribution >= 4 is 5.82 Å². The van der Waals surface area contributed by atoms with Crippen LogP contribution in [-0.2, 0) is 17.8 Å². The van der Waals surface area contributed by atoms with Crippen LogP contribution >= 0.6 is 0 Å². The topological polar surface area (TPSA) is 59.9 Å². The van der Waals surface area contributed by atoms with E-state index in [-0.39, 0.29) is 0 Å². The highest BCUT2D eigenvalue weighted by molar-refractivity contribution is 5.56. The zero-order valence-corrected chi connectivity index (χ0v) is 11.1. The fourth-order valence-corrected chi connectivity index (χ4v) is 2.15. The average Bonchev–Trinajstić information content (AvgIpc) is 2.47. The van der Waals surface area contributed by atoms with E-state index in [0.717, 1.165) is 34.8 Å². The summed E-state index contributed by atoms with van der Waals surface area (Å²) in [4.78, 5) is 13.6. The first-order chi connectivity index (χ1) is 9.28. The molecule has 2 aromatic heterocycles. The van der Waals surface area contributed by atoms with E-state index in [1.807, 2.05) is 32.3 Å². The first-order valence-electron chi connectivity index (χ1n) is 6.36. The molecule has 98 valence electrons. The maximum atomic E-state index is 5.46. The maximum absolute atomic E-state index is 5.46. The number of rotatable bonds is 2. The number of fused-ring (bicyclic) bond motifs is 1. The van der Waals surface area contributed by atoms with Gasteiger partial charge in [0.1, 0.15) is 11.5 Å². The highest BCUT2D eigenvalue weighted by Gasteiger charge is 2.18. The van der Waals surface area contributed by atoms with E-state index in [2.05, 4.69) is 20.3 Å². The Kier molecular flexibility index (Phi) is 3.13. The lowest BCUT2D eigenvalue weighted by Gasteiger charge is -2.19. The van der Waals surface area contributed by atoms with Crippen LogP contribution in [0.25, 0.3) is 11.5 Å². The number of aromatic nitrogens is 3. The van der Waals surface area contributed by atoms with E-state index in [9.17, 15) is 0 Å². The molecular formula is C14H16N4O. The van der Waals surface area contributed by atoms with Crippen molar-refractivity contribution in [3.8, 4) is 11.5 Å². The second kappa shape index (κ2) is 4.93. The Morgan fingerprint density at radius 2 is 2.16 bits per heavy atom. The van der Waals surface area contributed by atoms with Crippen molar-refractivity contribution in [2.45, 2.75) is 20.0 Å². The Morgan fingerprint density at radius 1 is 1.26 bits per heavy atom. The number of pyridine rings is 1. The average molecular weight is 256 g/mol. The van der Waals surface area contributed by atoms with Gasteiger partial charge in [0.2, 0.25) is 0 Å². The smallest absolute Gasteiger partial charge is 0.180 e. The van der Waals surface area contributed by atoms with Gasteiger partial charge in [0, 0.05) is 25.2 Å². The van der Waals surface area contributed by atoms with E-state index < -0.39 is 0 Å². The molecule has 0 saturated heterocycles. The molecule has 5 heteroatoms.